The number of likely N-dealkylation sites (N-methyl/N-ethyl adjacent to an activating group) is 1. The van der Waals surface area contributed by atoms with Gasteiger partial charge in [-0.15, -0.1) is 0 Å². The lowest BCUT2D eigenvalue weighted by molar-refractivity contribution is -0.137. The van der Waals surface area contributed by atoms with Crippen molar-refractivity contribution in [1.29, 1.82) is 0 Å². The highest BCUT2D eigenvalue weighted by Crippen LogP contribution is 2.39. The van der Waals surface area contributed by atoms with Crippen molar-refractivity contribution < 1.29 is 23.9 Å². The highest BCUT2D eigenvalue weighted by molar-refractivity contribution is 6.00. The minimum Gasteiger partial charge on any atom is -0.496 e. The quantitative estimate of drug-likeness (QED) is 0.181. The van der Waals surface area contributed by atoms with Gasteiger partial charge in [-0.05, 0) is 80.2 Å². The molecule has 0 spiro atoms. The lowest BCUT2D eigenvalue weighted by atomic mass is 9.87. The first-order valence-corrected chi connectivity index (χ1v) is 17.3. The average molecular weight is 695 g/mol. The van der Waals surface area contributed by atoms with Crippen LogP contribution in [0.3, 0.4) is 0 Å². The van der Waals surface area contributed by atoms with Crippen molar-refractivity contribution in [3.05, 3.63) is 81.4 Å². The standard InChI is InChI=1S/C39H46N6O6/c1-42(2)36-18-29-30(19-40-36)39(49)44(4)21-31(29)27-16-34(50-5)32(35(17-27)51-6)22-45-13-11-24(12-14-45)25-7-8-26(23-46)28(15-25)20-43(3)33-9-10-37(47)41-38(33)48/h7-8,15-19,21,23-24,33H,9-14,20,22H2,1-6H3,(H,41,47,48). The molecule has 1 N–H and O–H groups in total. The molecule has 2 aliphatic rings. The summed E-state index contributed by atoms with van der Waals surface area (Å²) in [5, 5.41) is 3.77. The molecule has 4 heterocycles. The number of fused-ring (bicyclic) bond motifs is 1. The number of aryl methyl sites for hydroxylation is 1. The summed E-state index contributed by atoms with van der Waals surface area (Å²) in [7, 11) is 10.8. The van der Waals surface area contributed by atoms with Crippen molar-refractivity contribution in [2.24, 2.45) is 7.05 Å². The molecule has 2 saturated heterocycles. The predicted octanol–water partition coefficient (Wildman–Crippen LogP) is 4.11. The fourth-order valence-corrected chi connectivity index (χ4v) is 7.38. The number of amides is 2. The Balaban J connectivity index is 1.20. The first-order chi connectivity index (χ1) is 24.5. The number of nitrogens with zero attached hydrogens (tertiary/aromatic N) is 5. The fourth-order valence-electron chi connectivity index (χ4n) is 7.38. The molecule has 6 rings (SSSR count). The Morgan fingerprint density at radius 3 is 2.29 bits per heavy atom. The third-order valence-corrected chi connectivity index (χ3v) is 10.3. The van der Waals surface area contributed by atoms with Gasteiger partial charge >= 0.3 is 0 Å². The number of aldehydes is 1. The number of carbonyl (C=O) groups excluding carboxylic acids is 3. The molecule has 268 valence electrons. The van der Waals surface area contributed by atoms with Gasteiger partial charge in [0.25, 0.3) is 5.56 Å². The van der Waals surface area contributed by atoms with Crippen LogP contribution in [0.15, 0.2) is 53.6 Å². The molecule has 0 bridgehead atoms. The van der Waals surface area contributed by atoms with Crippen molar-refractivity contribution in [1.82, 2.24) is 24.7 Å². The van der Waals surface area contributed by atoms with E-state index < -0.39 is 6.04 Å². The van der Waals surface area contributed by atoms with Gasteiger partial charge in [0.15, 0.2) is 0 Å². The number of carbonyl (C=O) groups is 3. The van der Waals surface area contributed by atoms with Gasteiger partial charge in [-0.2, -0.15) is 0 Å². The average Bonchev–Trinajstić information content (AvgIpc) is 3.13. The van der Waals surface area contributed by atoms with Crippen LogP contribution in [-0.2, 0) is 29.7 Å². The number of methoxy groups -OCH3 is 2. The maximum absolute atomic E-state index is 13.0. The Hall–Kier alpha value is -5.07. The monoisotopic (exact) mass is 694 g/mol. The van der Waals surface area contributed by atoms with Crippen LogP contribution in [0.1, 0.15) is 58.6 Å². The summed E-state index contributed by atoms with van der Waals surface area (Å²) < 4.78 is 13.5. The number of pyridine rings is 2. The maximum Gasteiger partial charge on any atom is 0.259 e. The van der Waals surface area contributed by atoms with Crippen molar-refractivity contribution in [2.45, 2.75) is 50.7 Å². The van der Waals surface area contributed by atoms with Gasteiger partial charge in [0.05, 0.1) is 31.2 Å². The molecule has 0 saturated carbocycles. The second kappa shape index (κ2) is 15.0. The van der Waals surface area contributed by atoms with Crippen molar-refractivity contribution in [3.63, 3.8) is 0 Å². The number of ether oxygens (including phenoxy) is 2. The molecular weight excluding hydrogens is 648 g/mol. The number of likely N-dealkylation sites (tertiary alicyclic amines) is 1. The molecule has 2 aromatic carbocycles. The number of nitrogens with one attached hydrogen (secondary N) is 1. The van der Waals surface area contributed by atoms with Crippen LogP contribution in [0.5, 0.6) is 11.5 Å². The number of aromatic nitrogens is 2. The Labute approximate surface area is 298 Å². The van der Waals surface area contributed by atoms with Gasteiger partial charge in [-0.3, -0.25) is 34.3 Å². The van der Waals surface area contributed by atoms with E-state index in [9.17, 15) is 19.2 Å². The molecule has 0 aliphatic carbocycles. The van der Waals surface area contributed by atoms with E-state index in [-0.39, 0.29) is 17.4 Å². The van der Waals surface area contributed by atoms with E-state index >= 15 is 0 Å². The topological polar surface area (TPSA) is 126 Å². The molecule has 2 amide bonds. The lowest BCUT2D eigenvalue weighted by Gasteiger charge is -2.33. The van der Waals surface area contributed by atoms with Gasteiger partial charge in [0.2, 0.25) is 11.8 Å². The summed E-state index contributed by atoms with van der Waals surface area (Å²) in [6.07, 6.45) is 7.02. The first kappa shape index (κ1) is 35.7. The molecule has 2 fully saturated rings. The van der Waals surface area contributed by atoms with Crippen LogP contribution in [0.25, 0.3) is 21.9 Å². The third kappa shape index (κ3) is 7.38. The molecule has 1 atom stereocenters. The van der Waals surface area contributed by atoms with Crippen LogP contribution in [0, 0.1) is 0 Å². The number of benzene rings is 2. The zero-order valence-electron chi connectivity index (χ0n) is 30.2. The van der Waals surface area contributed by atoms with Crippen LogP contribution < -0.4 is 25.2 Å². The molecular formula is C39H46N6O6. The molecule has 1 unspecified atom stereocenters. The number of anilines is 1. The third-order valence-electron chi connectivity index (χ3n) is 10.3. The highest BCUT2D eigenvalue weighted by Gasteiger charge is 2.30. The summed E-state index contributed by atoms with van der Waals surface area (Å²) in [6, 6.07) is 11.6. The molecule has 0 radical (unpaired) electrons. The van der Waals surface area contributed by atoms with Crippen molar-refractivity contribution >= 4 is 34.7 Å². The van der Waals surface area contributed by atoms with E-state index in [1.807, 2.05) is 67.5 Å². The SMILES string of the molecule is COc1cc(-c2cn(C)c(=O)c3cnc(N(C)C)cc23)cc(OC)c1CN1CCC(c2ccc(C=O)c(CN(C)C3CCC(=O)NC3=O)c2)CC1. The van der Waals surface area contributed by atoms with Crippen LogP contribution in [0.4, 0.5) is 5.82 Å². The van der Waals surface area contributed by atoms with Crippen LogP contribution in [0.2, 0.25) is 0 Å². The smallest absolute Gasteiger partial charge is 0.259 e. The van der Waals surface area contributed by atoms with Gasteiger partial charge in [0, 0.05) is 69.6 Å². The second-order valence-electron chi connectivity index (χ2n) is 13.8. The highest BCUT2D eigenvalue weighted by atomic mass is 16.5. The Morgan fingerprint density at radius 1 is 0.961 bits per heavy atom. The van der Waals surface area contributed by atoms with E-state index in [0.29, 0.717) is 54.3 Å². The minimum atomic E-state index is -0.411. The Morgan fingerprint density at radius 2 is 1.67 bits per heavy atom. The normalized spacial score (nSPS) is 17.1. The number of piperidine rings is 2. The zero-order valence-corrected chi connectivity index (χ0v) is 30.2. The summed E-state index contributed by atoms with van der Waals surface area (Å²) in [4.78, 5) is 59.8. The summed E-state index contributed by atoms with van der Waals surface area (Å²) in [5.41, 5.74) is 5.28. The van der Waals surface area contributed by atoms with Crippen molar-refractivity contribution in [3.8, 4) is 22.6 Å². The van der Waals surface area contributed by atoms with Crippen LogP contribution in [-0.4, -0.2) is 91.9 Å². The maximum atomic E-state index is 13.0. The number of hydrogen-bond donors (Lipinski definition) is 1. The van der Waals surface area contributed by atoms with Gasteiger partial charge < -0.3 is 18.9 Å². The molecule has 4 aromatic rings. The van der Waals surface area contributed by atoms with E-state index in [2.05, 4.69) is 21.3 Å². The Kier molecular flexibility index (Phi) is 10.5. The van der Waals surface area contributed by atoms with E-state index in [0.717, 1.165) is 65.7 Å². The van der Waals surface area contributed by atoms with E-state index in [1.54, 1.807) is 32.0 Å². The predicted molar refractivity (Wildman–Crippen MR) is 197 cm³/mol. The molecule has 12 nitrogen and oxygen atoms in total. The fraction of sp³-hybridized carbons (Fsp3) is 0.410. The molecule has 2 aliphatic heterocycles. The zero-order chi connectivity index (χ0) is 36.4. The molecule has 12 heteroatoms. The number of imide groups is 1. The van der Waals surface area contributed by atoms with Crippen LogP contribution >= 0.6 is 0 Å². The molecule has 2 aromatic heterocycles. The van der Waals surface area contributed by atoms with Crippen molar-refractivity contribution in [2.75, 3.05) is 53.4 Å². The molecule has 51 heavy (non-hydrogen) atoms. The van der Waals surface area contributed by atoms with E-state index in [4.69, 9.17) is 9.47 Å². The minimum absolute atomic E-state index is 0.110. The first-order valence-electron chi connectivity index (χ1n) is 17.3. The summed E-state index contributed by atoms with van der Waals surface area (Å²) in [6.45, 7) is 2.82. The summed E-state index contributed by atoms with van der Waals surface area (Å²) in [5.74, 6) is 1.98. The Bertz CT molecular complexity index is 2010. The number of rotatable bonds is 11. The lowest BCUT2D eigenvalue weighted by Crippen LogP contribution is -2.51. The second-order valence-corrected chi connectivity index (χ2v) is 13.8. The van der Waals surface area contributed by atoms with Gasteiger partial charge in [-0.25, -0.2) is 4.98 Å². The summed E-state index contributed by atoms with van der Waals surface area (Å²) >= 11 is 0. The van der Waals surface area contributed by atoms with Gasteiger partial charge in [0.1, 0.15) is 23.6 Å². The van der Waals surface area contributed by atoms with E-state index in [1.165, 1.54) is 5.56 Å². The number of hydrogen-bond acceptors (Lipinski definition) is 10. The largest absolute Gasteiger partial charge is 0.496 e. The van der Waals surface area contributed by atoms with Gasteiger partial charge in [-0.1, -0.05) is 18.2 Å².